The fourth-order valence-electron chi connectivity index (χ4n) is 0. The Morgan fingerprint density at radius 3 is 0.900 bits per heavy atom. The van der Waals surface area contributed by atoms with E-state index in [-0.39, 0.29) is 156 Å². The molecule has 10 heavy (non-hydrogen) atoms. The molecule has 0 aromatic carbocycles. The van der Waals surface area contributed by atoms with E-state index in [2.05, 4.69) is 0 Å². The molecule has 4 nitrogen and oxygen atoms in total. The van der Waals surface area contributed by atoms with Crippen molar-refractivity contribution in [2.75, 3.05) is 0 Å². The number of hydrogen-bond donors (Lipinski definition) is 0. The van der Waals surface area contributed by atoms with Crippen molar-refractivity contribution in [2.45, 2.75) is 0 Å². The minimum atomic E-state index is -5.39. The Balaban J connectivity index is -0.00000000800. The van der Waals surface area contributed by atoms with Crippen molar-refractivity contribution in [3.05, 3.63) is 0 Å². The van der Waals surface area contributed by atoms with Gasteiger partial charge in [0.2, 0.25) is 0 Å². The maximum Gasteiger partial charge on any atom is 2.00 e. The van der Waals surface area contributed by atoms with Crippen molar-refractivity contribution >= 4 is 144 Å². The van der Waals surface area contributed by atoms with Crippen molar-refractivity contribution in [1.29, 1.82) is 0 Å². The molecule has 10 heteroatoms. The molecule has 0 aliphatic carbocycles. The van der Waals surface area contributed by atoms with Crippen molar-refractivity contribution in [3.63, 3.8) is 0 Å². The molecule has 0 amide bonds. The molecular weight excluding hydrogens is 305 g/mol. The van der Waals surface area contributed by atoms with E-state index in [0.29, 0.717) is 0 Å². The second-order valence-electron chi connectivity index (χ2n) is 0.447. The first kappa shape index (κ1) is 36.2. The van der Waals surface area contributed by atoms with E-state index in [0.717, 1.165) is 0 Å². The molecule has 0 aromatic rings. The molecule has 0 aliphatic heterocycles. The molecule has 0 N–H and O–H groups in total. The van der Waals surface area contributed by atoms with Crippen LogP contribution in [0.25, 0.3) is 0 Å². The van der Waals surface area contributed by atoms with Crippen LogP contribution in [0.2, 0.25) is 0 Å². The minimum Gasteiger partial charge on any atom is -0.822 e. The molecule has 0 saturated carbocycles. The van der Waals surface area contributed by atoms with E-state index in [1.54, 1.807) is 0 Å². The summed E-state index contributed by atoms with van der Waals surface area (Å²) >= 11 is 0. The Morgan fingerprint density at radius 1 is 0.900 bits per heavy atom. The number of phosphoric acid groups is 1. The predicted octanol–water partition coefficient (Wildman–Crippen LogP) is -4.35. The fraction of sp³-hybridized carbons (Fsp3) is 0. The van der Waals surface area contributed by atoms with Gasteiger partial charge >= 0.3 is 156 Å². The molecule has 0 saturated heterocycles. The standard InChI is InChI=1S/3Ca.Mg.H3O4P.Zn/c;;;;1-5(2,3)4;/h;;;;(H3,1,2,3,4);/q4*+2;;+2/p-3. The van der Waals surface area contributed by atoms with Crippen molar-refractivity contribution < 1.29 is 38.7 Å². The van der Waals surface area contributed by atoms with Gasteiger partial charge in [-0.25, -0.2) is 0 Å². The molecule has 0 fully saturated rings. The van der Waals surface area contributed by atoms with E-state index in [1.807, 2.05) is 0 Å². The summed E-state index contributed by atoms with van der Waals surface area (Å²) in [6.45, 7) is 0. The molecular formula is Ca3MgO4PZn+7. The minimum absolute atomic E-state index is 0. The van der Waals surface area contributed by atoms with Crippen LogP contribution in [0.5, 0.6) is 0 Å². The summed E-state index contributed by atoms with van der Waals surface area (Å²) in [6.07, 6.45) is 0. The summed E-state index contributed by atoms with van der Waals surface area (Å²) in [4.78, 5) is 25.6. The first-order chi connectivity index (χ1) is 2.00. The molecule has 0 radical (unpaired) electrons. The van der Waals surface area contributed by atoms with Crippen LogP contribution in [0.4, 0.5) is 0 Å². The fourth-order valence-corrected chi connectivity index (χ4v) is 0. The third-order valence-electron chi connectivity index (χ3n) is 0. The van der Waals surface area contributed by atoms with Gasteiger partial charge in [0, 0.05) is 0 Å². The zero-order valence-electron chi connectivity index (χ0n) is 5.62. The van der Waals surface area contributed by atoms with Gasteiger partial charge in [0.05, 0.1) is 0 Å². The van der Waals surface area contributed by atoms with Crippen LogP contribution in [-0.2, 0) is 24.0 Å². The Labute approximate surface area is 178 Å². The summed E-state index contributed by atoms with van der Waals surface area (Å²) < 4.78 is 8.55. The summed E-state index contributed by atoms with van der Waals surface area (Å²) in [6, 6.07) is 0. The van der Waals surface area contributed by atoms with E-state index < -0.39 is 7.82 Å². The summed E-state index contributed by atoms with van der Waals surface area (Å²) in [5.74, 6) is 0. The zero-order valence-corrected chi connectivity index (χ0v) is 17.5. The SMILES string of the molecule is O=P([O-])([O-])[O-].[Ca+2].[Ca+2].[Ca+2].[Mg+2].[Zn+2]. The van der Waals surface area contributed by atoms with Gasteiger partial charge in [-0.3, -0.25) is 0 Å². The van der Waals surface area contributed by atoms with E-state index in [4.69, 9.17) is 19.2 Å². The van der Waals surface area contributed by atoms with Crippen LogP contribution in [0.1, 0.15) is 0 Å². The molecule has 0 unspecified atom stereocenters. The Morgan fingerprint density at radius 2 is 0.900 bits per heavy atom. The first-order valence-electron chi connectivity index (χ1n) is 0.730. The van der Waals surface area contributed by atoms with Crippen LogP contribution in [-0.4, -0.2) is 136 Å². The van der Waals surface area contributed by atoms with Crippen molar-refractivity contribution in [2.24, 2.45) is 0 Å². The molecule has 32 valence electrons. The van der Waals surface area contributed by atoms with E-state index >= 15 is 0 Å². The average molecular weight is 305 g/mol. The van der Waals surface area contributed by atoms with Crippen molar-refractivity contribution in [3.8, 4) is 0 Å². The van der Waals surface area contributed by atoms with Gasteiger partial charge < -0.3 is 19.2 Å². The molecule has 0 aromatic heterocycles. The topological polar surface area (TPSA) is 86.2 Å². The molecule has 0 bridgehead atoms. The third-order valence-corrected chi connectivity index (χ3v) is 0. The van der Waals surface area contributed by atoms with Crippen LogP contribution >= 0.6 is 7.82 Å². The predicted molar refractivity (Wildman–Crippen MR) is 30.6 cm³/mol. The van der Waals surface area contributed by atoms with E-state index in [1.165, 1.54) is 0 Å². The molecule has 0 spiro atoms. The third kappa shape index (κ3) is 71.8. The molecule has 0 rings (SSSR count). The summed E-state index contributed by atoms with van der Waals surface area (Å²) in [5, 5.41) is 0. The Bertz CT molecular complexity index is 66.6. The van der Waals surface area contributed by atoms with Crippen LogP contribution < -0.4 is 14.7 Å². The van der Waals surface area contributed by atoms with Gasteiger partial charge in [-0.1, -0.05) is 0 Å². The Hall–Kier alpha value is 5.28. The monoisotopic (exact) mass is 303 g/mol. The number of rotatable bonds is 0. The van der Waals surface area contributed by atoms with Gasteiger partial charge in [0.15, 0.2) is 0 Å². The molecule has 0 aliphatic rings. The average Bonchev–Trinajstić information content (AvgIpc) is 0.722. The largest absolute Gasteiger partial charge is 2.00 e. The molecule has 0 atom stereocenters. The quantitative estimate of drug-likeness (QED) is 0.334. The molecule has 0 heterocycles. The van der Waals surface area contributed by atoms with Crippen LogP contribution in [0, 0.1) is 0 Å². The number of hydrogen-bond acceptors (Lipinski definition) is 4. The second kappa shape index (κ2) is 19.8. The van der Waals surface area contributed by atoms with Crippen molar-refractivity contribution in [1.82, 2.24) is 0 Å². The van der Waals surface area contributed by atoms with Gasteiger partial charge in [0.25, 0.3) is 0 Å². The van der Waals surface area contributed by atoms with Gasteiger partial charge in [-0.05, 0) is 0 Å². The second-order valence-corrected chi connectivity index (χ2v) is 1.34. The van der Waals surface area contributed by atoms with Gasteiger partial charge in [-0.15, -0.1) is 0 Å². The zero-order chi connectivity index (χ0) is 4.50. The van der Waals surface area contributed by atoms with E-state index in [9.17, 15) is 0 Å². The first-order valence-corrected chi connectivity index (χ1v) is 2.19. The Kier molecular flexibility index (Phi) is 71.6. The van der Waals surface area contributed by atoms with Gasteiger partial charge in [-0.2, -0.15) is 7.82 Å². The van der Waals surface area contributed by atoms with Crippen LogP contribution in [0.3, 0.4) is 0 Å². The maximum atomic E-state index is 8.55. The summed E-state index contributed by atoms with van der Waals surface area (Å²) in [7, 11) is -5.39. The maximum absolute atomic E-state index is 8.55. The normalized spacial score (nSPS) is 5.90. The van der Waals surface area contributed by atoms with Gasteiger partial charge in [0.1, 0.15) is 0 Å². The van der Waals surface area contributed by atoms with Crippen LogP contribution in [0.15, 0.2) is 0 Å². The smallest absolute Gasteiger partial charge is 0.822 e. The summed E-state index contributed by atoms with van der Waals surface area (Å²) in [5.41, 5.74) is 0.